The van der Waals surface area contributed by atoms with Gasteiger partial charge in [0.25, 0.3) is 0 Å². The largest absolute Gasteiger partial charge is 0.488 e. The number of hydrogen-bond acceptors (Lipinski definition) is 5. The van der Waals surface area contributed by atoms with Crippen LogP contribution < -0.4 is 24.4 Å². The van der Waals surface area contributed by atoms with Gasteiger partial charge in [-0.3, -0.25) is 4.79 Å². The first-order valence-electron chi connectivity index (χ1n) is 49.9. The number of benzene rings is 18. The molecule has 0 atom stereocenters. The van der Waals surface area contributed by atoms with Gasteiger partial charge in [0.2, 0.25) is 15.2 Å². The van der Waals surface area contributed by atoms with Gasteiger partial charge in [0, 0.05) is 49.3 Å². The highest BCUT2D eigenvalue weighted by molar-refractivity contribution is 7.98. The summed E-state index contributed by atoms with van der Waals surface area (Å²) >= 11 is 0. The molecule has 728 valence electrons. The zero-order chi connectivity index (χ0) is 102. The normalized spacial score (nSPS) is 12.5. The summed E-state index contributed by atoms with van der Waals surface area (Å²) in [5, 5.41) is 4.46. The summed E-state index contributed by atoms with van der Waals surface area (Å²) < 4.78 is 29.3. The summed E-state index contributed by atoms with van der Waals surface area (Å²) in [5.41, 5.74) is 7.04. The van der Waals surface area contributed by atoms with E-state index in [-0.39, 0.29) is 103 Å². The summed E-state index contributed by atoms with van der Waals surface area (Å²) in [5.74, 6) is 4.57. The van der Waals surface area contributed by atoms with E-state index < -0.39 is 0 Å². The predicted octanol–water partition coefficient (Wildman–Crippen LogP) is 37.4. The van der Waals surface area contributed by atoms with Gasteiger partial charge in [-0.25, -0.2) is 0 Å². The molecule has 2 aliphatic rings. The molecule has 0 saturated carbocycles. The zero-order valence-corrected chi connectivity index (χ0v) is 91.5. The number of para-hydroxylation sites is 2. The molecule has 4 heterocycles. The van der Waals surface area contributed by atoms with Crippen molar-refractivity contribution >= 4 is 105 Å². The lowest BCUT2D eigenvalue weighted by Crippen LogP contribution is -2.23. The molecule has 0 bridgehead atoms. The number of thiophene rings is 1. The highest BCUT2D eigenvalue weighted by atomic mass is 32.2. The van der Waals surface area contributed by atoms with Gasteiger partial charge in [-0.2, -0.15) is 0 Å². The molecular formula is C134H132O5S6+6. The third-order valence-corrected chi connectivity index (χ3v) is 38.4. The van der Waals surface area contributed by atoms with Crippen molar-refractivity contribution in [1.29, 1.82) is 0 Å². The Balaban J connectivity index is 0.000000121. The number of fused-ring (bicyclic) bond motifs is 9. The lowest BCUT2D eigenvalue weighted by Gasteiger charge is -2.22. The van der Waals surface area contributed by atoms with Crippen LogP contribution in [0.2, 0.25) is 0 Å². The van der Waals surface area contributed by atoms with E-state index in [2.05, 4.69) is 519 Å². The lowest BCUT2D eigenvalue weighted by molar-refractivity contribution is 0.130. The zero-order valence-electron chi connectivity index (χ0n) is 86.6. The first-order valence-corrected chi connectivity index (χ1v) is 57.3. The van der Waals surface area contributed by atoms with Gasteiger partial charge in [0.15, 0.2) is 89.0 Å². The smallest absolute Gasteiger partial charge is 0.209 e. The van der Waals surface area contributed by atoms with Gasteiger partial charge in [0.05, 0.1) is 43.5 Å². The number of hydrogen-bond donors (Lipinski definition) is 0. The maximum absolute atomic E-state index is 12.7. The van der Waals surface area contributed by atoms with Crippen molar-refractivity contribution < 1.29 is 18.9 Å². The second-order valence-electron chi connectivity index (χ2n) is 42.2. The number of rotatable bonds is 13. The Morgan fingerprint density at radius 2 is 0.441 bits per heavy atom. The maximum atomic E-state index is 12.7. The summed E-state index contributed by atoms with van der Waals surface area (Å²) in [6, 6.07) is 164. The molecule has 0 radical (unpaired) electrons. The minimum Gasteiger partial charge on any atom is -0.488 e. The molecule has 2 aliphatic heterocycles. The van der Waals surface area contributed by atoms with Crippen molar-refractivity contribution in [2.75, 3.05) is 0 Å². The summed E-state index contributed by atoms with van der Waals surface area (Å²) in [6.45, 7) is 39.1. The van der Waals surface area contributed by atoms with E-state index in [4.69, 9.17) is 18.9 Å². The Kier molecular flexibility index (Phi) is 32.1. The Labute approximate surface area is 876 Å². The van der Waals surface area contributed by atoms with E-state index in [1.165, 1.54) is 117 Å². The molecule has 0 spiro atoms. The second-order valence-corrected chi connectivity index (χ2v) is 54.1. The predicted molar refractivity (Wildman–Crippen MR) is 623 cm³/mol. The van der Waals surface area contributed by atoms with Gasteiger partial charge in [-0.05, 0) is 338 Å². The van der Waals surface area contributed by atoms with Crippen LogP contribution in [-0.4, -0.2) is 16.8 Å². The Morgan fingerprint density at radius 3 is 0.724 bits per heavy atom. The van der Waals surface area contributed by atoms with E-state index in [1.54, 1.807) is 0 Å². The summed E-state index contributed by atoms with van der Waals surface area (Å²) in [6.07, 6.45) is 1.06. The van der Waals surface area contributed by atoms with E-state index in [9.17, 15) is 4.79 Å². The average Bonchev–Trinajstić information content (AvgIpc) is 1.71. The first kappa shape index (κ1) is 103. The molecule has 0 aliphatic carbocycles. The van der Waals surface area contributed by atoms with Crippen LogP contribution in [0, 0.1) is 0 Å². The van der Waals surface area contributed by atoms with Gasteiger partial charge in [-0.1, -0.05) is 281 Å². The van der Waals surface area contributed by atoms with Crippen LogP contribution in [0.3, 0.4) is 0 Å². The van der Waals surface area contributed by atoms with E-state index in [1.807, 2.05) is 66.7 Å². The summed E-state index contributed by atoms with van der Waals surface area (Å²) in [7, 11) is -0.576. The Morgan fingerprint density at radius 1 is 0.221 bits per heavy atom. The molecule has 145 heavy (non-hydrogen) atoms. The fraction of sp³-hybridized carbons (Fsp3) is 0.187. The molecular weight excluding hydrogens is 1880 g/mol. The van der Waals surface area contributed by atoms with Crippen LogP contribution in [0.15, 0.2) is 525 Å². The average molecular weight is 2010 g/mol. The molecule has 20 aromatic rings. The molecule has 5 nitrogen and oxygen atoms in total. The molecule has 18 aromatic carbocycles. The quantitative estimate of drug-likeness (QED) is 0.0850. The van der Waals surface area contributed by atoms with Gasteiger partial charge in [0.1, 0.15) is 44.9 Å². The monoisotopic (exact) mass is 2010 g/mol. The van der Waals surface area contributed by atoms with Crippen molar-refractivity contribution in [3.8, 4) is 38.5 Å². The van der Waals surface area contributed by atoms with Crippen molar-refractivity contribution in [2.24, 2.45) is 0 Å². The van der Waals surface area contributed by atoms with Crippen molar-refractivity contribution in [3.63, 3.8) is 0 Å². The van der Waals surface area contributed by atoms with Gasteiger partial charge < -0.3 is 18.9 Å². The van der Waals surface area contributed by atoms with Crippen LogP contribution in [-0.2, 0) is 66.2 Å². The van der Waals surface area contributed by atoms with Crippen LogP contribution in [0.5, 0.6) is 28.7 Å². The van der Waals surface area contributed by atoms with Crippen molar-refractivity contribution in [2.45, 2.75) is 223 Å². The topological polar surface area (TPSA) is 54.0 Å². The highest BCUT2D eigenvalue weighted by Crippen LogP contribution is 2.51. The van der Waals surface area contributed by atoms with Gasteiger partial charge >= 0.3 is 0 Å². The van der Waals surface area contributed by atoms with Crippen LogP contribution in [0.4, 0.5) is 0 Å². The molecule has 0 unspecified atom stereocenters. The van der Waals surface area contributed by atoms with Crippen LogP contribution >= 0.6 is 20.9 Å². The molecule has 0 amide bonds. The Hall–Kier alpha value is -13.3. The lowest BCUT2D eigenvalue weighted by atomic mass is 9.87. The maximum Gasteiger partial charge on any atom is 0.209 e. The first-order chi connectivity index (χ1) is 69.6. The van der Waals surface area contributed by atoms with E-state index >= 15 is 0 Å². The van der Waals surface area contributed by atoms with Gasteiger partial charge in [-0.15, -0.1) is 0 Å². The molecule has 0 fully saturated rings. The fourth-order valence-corrected chi connectivity index (χ4v) is 31.2. The third-order valence-electron chi connectivity index (χ3n) is 24.6. The van der Waals surface area contributed by atoms with E-state index in [0.717, 1.165) is 55.3 Å². The Bertz CT molecular complexity index is 7190. The molecule has 22 rings (SSSR count). The van der Waals surface area contributed by atoms with Crippen LogP contribution in [0.25, 0.3) is 50.1 Å². The fourth-order valence-electron chi connectivity index (χ4n) is 17.8. The minimum atomic E-state index is -0.276. The van der Waals surface area contributed by atoms with Crippen molar-refractivity contribution in [3.05, 3.63) is 499 Å². The molecule has 11 heteroatoms. The summed E-state index contributed by atoms with van der Waals surface area (Å²) in [4.78, 5) is 31.4. The SMILES string of the molecule is CC(C)(C)Oc1ccc([S+](c2ccc(OC(C)(C)C)cc2)c2ccc(OC(C)(C)C)cc2)cc1.CC(C)(C)c1ccc([S+](c2ccc(C(C)(C)C)cc2)c2ccc(C(C)(C)C)cc2)cc1.O=c1c2ccccc2[s+](-c2ccccc2)c2ccccc12.c1ccc(-[s+]2c3ccccc3c3ccccc32)cc1.c1ccc([S+]2c3ccccc3Cc3ccccc32)cc1.c1ccc([S+]2c3ccccc3Oc3ccccc32)cc1. The highest BCUT2D eigenvalue weighted by Gasteiger charge is 2.41. The minimum absolute atomic E-state index is 0.0421. The third kappa shape index (κ3) is 25.4. The standard InChI is InChI=1S/C30H39O3S.C30H39S.C19H13OS.C19H15S.C18H13OS.C18H13S/c1-28(2,3)31-22-10-16-25(17-11-22)34(26-18-12-23(13-19-26)32-29(4,5)6)27-20-14-24(15-21-27)33-30(7,8)9;1-28(2,3)22-10-16-25(17-11-22)31(26-18-12-23(13-19-26)29(4,5)6)27-20-14-24(15-21-27)30(7,8)9;20-19-15-10-4-6-12-17(15)21(14-8-2-1-3-9-14)18-13-7-5-11-16(18)19;1-2-10-17(11-3-1)20-18-12-6-4-8-15(18)14-16-9-5-7-13-19(16)20;1-2-8-14(9-3-1)20-17-12-6-4-10-15(17)19-16-11-5-7-13-18(16)20;1-2-8-14(9-3-1)19-17-12-6-4-10-15(17)16-11-5-7-13-18(16)19/h10-21H,1-9H3;10-21H,1-9H3;1-13H;1-13H,14H2;1-13H;1-13H/q6*+1. The van der Waals surface area contributed by atoms with E-state index in [0.29, 0.717) is 0 Å². The molecule has 2 aromatic heterocycles. The second kappa shape index (κ2) is 45.1. The van der Waals surface area contributed by atoms with Crippen LogP contribution in [0.1, 0.15) is 152 Å². The molecule has 0 N–H and O–H groups in total. The molecule has 0 saturated heterocycles. The van der Waals surface area contributed by atoms with Crippen molar-refractivity contribution in [1.82, 2.24) is 0 Å². The number of ether oxygens (including phenoxy) is 4.